The minimum atomic E-state index is 0.0328. The molecule has 2 aromatic heterocycles. The van der Waals surface area contributed by atoms with E-state index in [2.05, 4.69) is 14.9 Å². The highest BCUT2D eigenvalue weighted by molar-refractivity contribution is 7.10. The van der Waals surface area contributed by atoms with Crippen molar-refractivity contribution in [2.24, 2.45) is 0 Å². The molecule has 0 spiro atoms. The van der Waals surface area contributed by atoms with Crippen molar-refractivity contribution >= 4 is 27.9 Å². The van der Waals surface area contributed by atoms with Gasteiger partial charge in [0, 0.05) is 29.7 Å². The summed E-state index contributed by atoms with van der Waals surface area (Å²) in [4.78, 5) is 11.4. The van der Waals surface area contributed by atoms with E-state index in [-0.39, 0.29) is 4.87 Å². The fraction of sp³-hybridized carbons (Fsp3) is 0.375. The standard InChI is InChI=1S/C8H10N4OS2/c1-2-9-7-6(10-11-15-7)5-12-3-4-14-8(12)13/h3-4,9H,2,5H2,1H3. The molecule has 0 radical (unpaired) electrons. The molecule has 2 rings (SSSR count). The average molecular weight is 242 g/mol. The van der Waals surface area contributed by atoms with Crippen molar-refractivity contribution in [2.45, 2.75) is 13.5 Å². The van der Waals surface area contributed by atoms with Gasteiger partial charge in [0.15, 0.2) is 0 Å². The Morgan fingerprint density at radius 1 is 1.60 bits per heavy atom. The number of thiazole rings is 1. The van der Waals surface area contributed by atoms with Crippen LogP contribution in [-0.2, 0) is 6.54 Å². The molecule has 7 heteroatoms. The summed E-state index contributed by atoms with van der Waals surface area (Å²) in [5.41, 5.74) is 0.822. The Morgan fingerprint density at radius 2 is 2.47 bits per heavy atom. The predicted octanol–water partition coefficient (Wildman–Crippen LogP) is 1.24. The lowest BCUT2D eigenvalue weighted by Crippen LogP contribution is -2.13. The number of nitrogens with one attached hydrogen (secondary N) is 1. The minimum Gasteiger partial charge on any atom is -0.374 e. The maximum absolute atomic E-state index is 11.3. The lowest BCUT2D eigenvalue weighted by Gasteiger charge is -2.01. The van der Waals surface area contributed by atoms with Crippen LogP contribution in [0.25, 0.3) is 0 Å². The van der Waals surface area contributed by atoms with Crippen LogP contribution in [0, 0.1) is 0 Å². The molecule has 0 aromatic carbocycles. The largest absolute Gasteiger partial charge is 0.374 e. The van der Waals surface area contributed by atoms with Gasteiger partial charge in [-0.05, 0) is 6.92 Å². The van der Waals surface area contributed by atoms with Crippen LogP contribution in [0.1, 0.15) is 12.6 Å². The molecular weight excluding hydrogens is 232 g/mol. The molecule has 0 saturated carbocycles. The maximum Gasteiger partial charge on any atom is 0.307 e. The number of hydrogen-bond donors (Lipinski definition) is 1. The van der Waals surface area contributed by atoms with E-state index < -0.39 is 0 Å². The number of nitrogens with zero attached hydrogens (tertiary/aromatic N) is 3. The van der Waals surface area contributed by atoms with E-state index in [1.165, 1.54) is 22.9 Å². The first-order valence-electron chi connectivity index (χ1n) is 4.50. The van der Waals surface area contributed by atoms with Crippen molar-refractivity contribution in [1.29, 1.82) is 0 Å². The molecule has 0 saturated heterocycles. The van der Waals surface area contributed by atoms with Gasteiger partial charge in [-0.2, -0.15) is 0 Å². The van der Waals surface area contributed by atoms with E-state index in [9.17, 15) is 4.79 Å². The highest BCUT2D eigenvalue weighted by Gasteiger charge is 2.08. The summed E-state index contributed by atoms with van der Waals surface area (Å²) in [6.07, 6.45) is 1.77. The Bertz CT molecular complexity index is 487. The van der Waals surface area contributed by atoms with E-state index in [1.54, 1.807) is 16.1 Å². The molecule has 0 atom stereocenters. The second-order valence-electron chi connectivity index (χ2n) is 2.88. The summed E-state index contributed by atoms with van der Waals surface area (Å²) >= 11 is 2.51. The van der Waals surface area contributed by atoms with Crippen molar-refractivity contribution in [2.75, 3.05) is 11.9 Å². The summed E-state index contributed by atoms with van der Waals surface area (Å²) in [5, 5.41) is 9.88. The van der Waals surface area contributed by atoms with Crippen molar-refractivity contribution in [3.8, 4) is 0 Å². The molecule has 1 N–H and O–H groups in total. The normalized spacial score (nSPS) is 10.5. The van der Waals surface area contributed by atoms with Gasteiger partial charge in [-0.25, -0.2) is 0 Å². The Kier molecular flexibility index (Phi) is 3.12. The van der Waals surface area contributed by atoms with Crippen LogP contribution in [0.15, 0.2) is 16.4 Å². The highest BCUT2D eigenvalue weighted by Crippen LogP contribution is 2.17. The summed E-state index contributed by atoms with van der Waals surface area (Å²) < 4.78 is 5.50. The second-order valence-corrected chi connectivity index (χ2v) is 4.49. The molecule has 0 fully saturated rings. The molecule has 2 heterocycles. The molecule has 0 aliphatic heterocycles. The van der Waals surface area contributed by atoms with Crippen LogP contribution >= 0.6 is 22.9 Å². The predicted molar refractivity (Wildman–Crippen MR) is 61.8 cm³/mol. The zero-order valence-electron chi connectivity index (χ0n) is 8.14. The second kappa shape index (κ2) is 4.54. The molecule has 0 bridgehead atoms. The molecule has 0 aliphatic rings. The summed E-state index contributed by atoms with van der Waals surface area (Å²) in [6.45, 7) is 3.33. The van der Waals surface area contributed by atoms with Crippen molar-refractivity contribution in [1.82, 2.24) is 14.2 Å². The molecule has 80 valence electrons. The lowest BCUT2D eigenvalue weighted by atomic mass is 10.4. The van der Waals surface area contributed by atoms with Gasteiger partial charge in [-0.1, -0.05) is 15.8 Å². The lowest BCUT2D eigenvalue weighted by molar-refractivity contribution is 0.757. The van der Waals surface area contributed by atoms with E-state index in [4.69, 9.17) is 0 Å². The van der Waals surface area contributed by atoms with E-state index in [1.807, 2.05) is 6.92 Å². The summed E-state index contributed by atoms with van der Waals surface area (Å²) in [6, 6.07) is 0. The minimum absolute atomic E-state index is 0.0328. The van der Waals surface area contributed by atoms with Gasteiger partial charge >= 0.3 is 4.87 Å². The first kappa shape index (κ1) is 10.3. The van der Waals surface area contributed by atoms with Gasteiger partial charge in [-0.15, -0.1) is 5.10 Å². The smallest absolute Gasteiger partial charge is 0.307 e. The van der Waals surface area contributed by atoms with Gasteiger partial charge in [0.2, 0.25) is 0 Å². The van der Waals surface area contributed by atoms with Crippen LogP contribution in [0.4, 0.5) is 5.00 Å². The molecule has 5 nitrogen and oxygen atoms in total. The molecule has 0 aliphatic carbocycles. The molecular formula is C8H10N4OS2. The van der Waals surface area contributed by atoms with Crippen LogP contribution in [-0.4, -0.2) is 20.7 Å². The third kappa shape index (κ3) is 2.24. The molecule has 2 aromatic rings. The third-order valence-corrected chi connectivity index (χ3v) is 3.28. The number of aromatic nitrogens is 3. The zero-order chi connectivity index (χ0) is 10.7. The van der Waals surface area contributed by atoms with E-state index in [0.29, 0.717) is 6.54 Å². The van der Waals surface area contributed by atoms with Crippen LogP contribution in [0.2, 0.25) is 0 Å². The average Bonchev–Trinajstić information content (AvgIpc) is 2.80. The molecule has 0 unspecified atom stereocenters. The number of hydrogen-bond acceptors (Lipinski definition) is 6. The zero-order valence-corrected chi connectivity index (χ0v) is 9.77. The monoisotopic (exact) mass is 242 g/mol. The first-order chi connectivity index (χ1) is 7.31. The topological polar surface area (TPSA) is 59.8 Å². The van der Waals surface area contributed by atoms with Crippen LogP contribution < -0.4 is 10.2 Å². The van der Waals surface area contributed by atoms with Gasteiger partial charge in [0.1, 0.15) is 10.7 Å². The Labute approximate surface area is 94.6 Å². The Balaban J connectivity index is 2.21. The molecule has 15 heavy (non-hydrogen) atoms. The van der Waals surface area contributed by atoms with Crippen LogP contribution in [0.3, 0.4) is 0 Å². The first-order valence-corrected chi connectivity index (χ1v) is 6.15. The van der Waals surface area contributed by atoms with Crippen LogP contribution in [0.5, 0.6) is 0 Å². The fourth-order valence-corrected chi connectivity index (χ4v) is 2.40. The molecule has 0 amide bonds. The third-order valence-electron chi connectivity index (χ3n) is 1.86. The Hall–Kier alpha value is -1.21. The van der Waals surface area contributed by atoms with E-state index >= 15 is 0 Å². The van der Waals surface area contributed by atoms with Gasteiger partial charge in [0.05, 0.1) is 6.54 Å². The van der Waals surface area contributed by atoms with Crippen molar-refractivity contribution in [3.63, 3.8) is 0 Å². The van der Waals surface area contributed by atoms with Gasteiger partial charge in [-0.3, -0.25) is 9.36 Å². The summed E-state index contributed by atoms with van der Waals surface area (Å²) in [7, 11) is 0. The number of rotatable bonds is 4. The quantitative estimate of drug-likeness (QED) is 0.876. The highest BCUT2D eigenvalue weighted by atomic mass is 32.1. The van der Waals surface area contributed by atoms with Gasteiger partial charge < -0.3 is 5.32 Å². The summed E-state index contributed by atoms with van der Waals surface area (Å²) in [5.74, 6) is 0. The maximum atomic E-state index is 11.3. The Morgan fingerprint density at radius 3 is 3.13 bits per heavy atom. The van der Waals surface area contributed by atoms with E-state index in [0.717, 1.165) is 17.2 Å². The fourth-order valence-electron chi connectivity index (χ4n) is 1.18. The SMILES string of the molecule is CCNc1snnc1Cn1ccsc1=O. The van der Waals surface area contributed by atoms with Crippen molar-refractivity contribution in [3.05, 3.63) is 26.9 Å². The number of anilines is 1. The van der Waals surface area contributed by atoms with Gasteiger partial charge in [0.25, 0.3) is 0 Å². The van der Waals surface area contributed by atoms with Crippen molar-refractivity contribution < 1.29 is 0 Å².